The molecule has 114 valence electrons. The summed E-state index contributed by atoms with van der Waals surface area (Å²) >= 11 is 0. The lowest BCUT2D eigenvalue weighted by atomic mass is 9.78. The van der Waals surface area contributed by atoms with E-state index >= 15 is 0 Å². The van der Waals surface area contributed by atoms with Gasteiger partial charge in [0.25, 0.3) is 5.92 Å². The maximum absolute atomic E-state index is 14.1. The lowest BCUT2D eigenvalue weighted by molar-refractivity contribution is -0.201. The van der Waals surface area contributed by atoms with E-state index < -0.39 is 43.2 Å². The van der Waals surface area contributed by atoms with Crippen molar-refractivity contribution >= 4 is 5.65 Å². The van der Waals surface area contributed by atoms with Gasteiger partial charge < -0.3 is 0 Å². The standard InChI is InChI=1S/C12H11F5N4/c13-11(14)2-1-7(12(15,16)17)5-8(11)10-20-19-9-6-18-3-4-21(9)10/h3-4,6-8H,1-2,5H2/t7-,8+/m0/s1. The molecule has 0 N–H and O–H groups in total. The van der Waals surface area contributed by atoms with Crippen molar-refractivity contribution in [2.45, 2.75) is 37.3 Å². The summed E-state index contributed by atoms with van der Waals surface area (Å²) in [5, 5.41) is 7.34. The Morgan fingerprint density at radius 2 is 2.00 bits per heavy atom. The summed E-state index contributed by atoms with van der Waals surface area (Å²) < 4.78 is 67.9. The molecule has 0 radical (unpaired) electrons. The highest BCUT2D eigenvalue weighted by atomic mass is 19.4. The molecule has 2 heterocycles. The van der Waals surface area contributed by atoms with Gasteiger partial charge in [-0.3, -0.25) is 9.38 Å². The molecule has 0 spiro atoms. The van der Waals surface area contributed by atoms with Crippen LogP contribution in [0.15, 0.2) is 18.6 Å². The lowest BCUT2D eigenvalue weighted by Crippen LogP contribution is -2.39. The summed E-state index contributed by atoms with van der Waals surface area (Å²) in [6, 6.07) is 0. The first-order valence-corrected chi connectivity index (χ1v) is 6.38. The third kappa shape index (κ3) is 2.44. The number of rotatable bonds is 1. The molecule has 1 aliphatic rings. The number of fused-ring (bicyclic) bond motifs is 1. The van der Waals surface area contributed by atoms with E-state index in [0.29, 0.717) is 0 Å². The summed E-state index contributed by atoms with van der Waals surface area (Å²) in [5.41, 5.74) is 0.234. The van der Waals surface area contributed by atoms with E-state index in [-0.39, 0.29) is 11.5 Å². The highest BCUT2D eigenvalue weighted by Crippen LogP contribution is 2.50. The Hall–Kier alpha value is -1.80. The van der Waals surface area contributed by atoms with Gasteiger partial charge in [-0.1, -0.05) is 0 Å². The molecule has 21 heavy (non-hydrogen) atoms. The van der Waals surface area contributed by atoms with Crippen LogP contribution in [-0.4, -0.2) is 31.7 Å². The quantitative estimate of drug-likeness (QED) is 0.760. The molecule has 0 unspecified atom stereocenters. The average molecular weight is 306 g/mol. The third-order valence-electron chi connectivity index (χ3n) is 3.87. The van der Waals surface area contributed by atoms with Gasteiger partial charge in [-0.2, -0.15) is 13.2 Å². The second-order valence-corrected chi connectivity index (χ2v) is 5.19. The molecular weight excluding hydrogens is 295 g/mol. The van der Waals surface area contributed by atoms with Gasteiger partial charge in [0.15, 0.2) is 5.65 Å². The molecule has 0 bridgehead atoms. The number of aromatic nitrogens is 4. The molecule has 1 aliphatic carbocycles. The summed E-state index contributed by atoms with van der Waals surface area (Å²) in [7, 11) is 0. The van der Waals surface area contributed by atoms with Crippen molar-refractivity contribution in [1.29, 1.82) is 0 Å². The summed E-state index contributed by atoms with van der Waals surface area (Å²) in [6.45, 7) is 0. The van der Waals surface area contributed by atoms with Gasteiger partial charge in [0.2, 0.25) is 0 Å². The molecule has 0 amide bonds. The average Bonchev–Trinajstić information content (AvgIpc) is 2.81. The molecule has 4 nitrogen and oxygen atoms in total. The fourth-order valence-electron chi connectivity index (χ4n) is 2.72. The van der Waals surface area contributed by atoms with Crippen LogP contribution < -0.4 is 0 Å². The topological polar surface area (TPSA) is 43.1 Å². The Labute approximate surface area is 116 Å². The zero-order chi connectivity index (χ0) is 15.3. The number of halogens is 5. The zero-order valence-corrected chi connectivity index (χ0v) is 10.7. The molecule has 0 aliphatic heterocycles. The van der Waals surface area contributed by atoms with Crippen molar-refractivity contribution in [3.63, 3.8) is 0 Å². The Balaban J connectivity index is 2.01. The summed E-state index contributed by atoms with van der Waals surface area (Å²) in [4.78, 5) is 3.77. The second-order valence-electron chi connectivity index (χ2n) is 5.19. The van der Waals surface area contributed by atoms with Gasteiger partial charge in [-0.05, 0) is 12.8 Å². The number of hydrogen-bond donors (Lipinski definition) is 0. The molecular formula is C12H11F5N4. The van der Waals surface area contributed by atoms with Crippen LogP contribution in [0.4, 0.5) is 22.0 Å². The normalized spacial score (nSPS) is 26.1. The maximum Gasteiger partial charge on any atom is 0.391 e. The largest absolute Gasteiger partial charge is 0.391 e. The summed E-state index contributed by atoms with van der Waals surface area (Å²) in [6.07, 6.45) is -2.48. The Morgan fingerprint density at radius 3 is 2.71 bits per heavy atom. The minimum absolute atomic E-state index is 0.147. The van der Waals surface area contributed by atoms with Crippen LogP contribution in [0, 0.1) is 5.92 Å². The minimum Gasteiger partial charge on any atom is -0.283 e. The second kappa shape index (κ2) is 4.60. The molecule has 0 saturated heterocycles. The first-order chi connectivity index (χ1) is 9.79. The van der Waals surface area contributed by atoms with Gasteiger partial charge >= 0.3 is 6.18 Å². The maximum atomic E-state index is 14.1. The third-order valence-corrected chi connectivity index (χ3v) is 3.87. The van der Waals surface area contributed by atoms with E-state index in [2.05, 4.69) is 15.2 Å². The molecule has 2 aromatic heterocycles. The van der Waals surface area contributed by atoms with Gasteiger partial charge in [-0.15, -0.1) is 10.2 Å². The van der Waals surface area contributed by atoms with Crippen molar-refractivity contribution in [3.05, 3.63) is 24.4 Å². The Kier molecular flexibility index (Phi) is 3.10. The van der Waals surface area contributed by atoms with Crippen LogP contribution in [-0.2, 0) is 0 Å². The van der Waals surface area contributed by atoms with Gasteiger partial charge in [0.05, 0.1) is 18.0 Å². The van der Waals surface area contributed by atoms with Gasteiger partial charge in [-0.25, -0.2) is 8.78 Å². The van der Waals surface area contributed by atoms with Crippen LogP contribution in [0.25, 0.3) is 5.65 Å². The van der Waals surface area contributed by atoms with Gasteiger partial charge in [0, 0.05) is 18.8 Å². The Bertz CT molecular complexity index is 650. The van der Waals surface area contributed by atoms with Crippen molar-refractivity contribution in [3.8, 4) is 0 Å². The van der Waals surface area contributed by atoms with E-state index in [1.54, 1.807) is 0 Å². The fraction of sp³-hybridized carbons (Fsp3) is 0.583. The fourth-order valence-corrected chi connectivity index (χ4v) is 2.72. The first kappa shape index (κ1) is 14.2. The number of alkyl halides is 5. The van der Waals surface area contributed by atoms with E-state index in [1.165, 1.54) is 23.0 Å². The lowest BCUT2D eigenvalue weighted by Gasteiger charge is -2.35. The molecule has 1 saturated carbocycles. The van der Waals surface area contributed by atoms with Crippen LogP contribution in [0.3, 0.4) is 0 Å². The predicted molar refractivity (Wildman–Crippen MR) is 61.9 cm³/mol. The zero-order valence-electron chi connectivity index (χ0n) is 10.7. The highest BCUT2D eigenvalue weighted by Gasteiger charge is 2.53. The smallest absolute Gasteiger partial charge is 0.283 e. The monoisotopic (exact) mass is 306 g/mol. The van der Waals surface area contributed by atoms with Crippen LogP contribution >= 0.6 is 0 Å². The molecule has 1 fully saturated rings. The minimum atomic E-state index is -4.48. The van der Waals surface area contributed by atoms with Crippen LogP contribution in [0.5, 0.6) is 0 Å². The van der Waals surface area contributed by atoms with E-state index in [1.807, 2.05) is 0 Å². The first-order valence-electron chi connectivity index (χ1n) is 6.38. The van der Waals surface area contributed by atoms with Crippen molar-refractivity contribution < 1.29 is 22.0 Å². The van der Waals surface area contributed by atoms with Crippen LogP contribution in [0.2, 0.25) is 0 Å². The highest BCUT2D eigenvalue weighted by molar-refractivity contribution is 5.35. The SMILES string of the molecule is FC(F)(F)[C@H]1CCC(F)(F)[C@@H](c2nnc3cnccn23)C1. The van der Waals surface area contributed by atoms with Gasteiger partial charge in [0.1, 0.15) is 5.82 Å². The van der Waals surface area contributed by atoms with Crippen molar-refractivity contribution in [2.75, 3.05) is 0 Å². The molecule has 2 aromatic rings. The van der Waals surface area contributed by atoms with E-state index in [4.69, 9.17) is 0 Å². The predicted octanol–water partition coefficient (Wildman–Crippen LogP) is 3.21. The molecule has 2 atom stereocenters. The van der Waals surface area contributed by atoms with Crippen LogP contribution in [0.1, 0.15) is 31.0 Å². The Morgan fingerprint density at radius 1 is 1.24 bits per heavy atom. The van der Waals surface area contributed by atoms with E-state index in [0.717, 1.165) is 0 Å². The molecule has 3 rings (SSSR count). The van der Waals surface area contributed by atoms with Crippen molar-refractivity contribution in [1.82, 2.24) is 19.6 Å². The number of hydrogen-bond acceptors (Lipinski definition) is 3. The number of nitrogens with zero attached hydrogens (tertiary/aromatic N) is 4. The molecule has 0 aromatic carbocycles. The molecule has 9 heteroatoms. The summed E-state index contributed by atoms with van der Waals surface area (Å²) in [5.74, 6) is -6.72. The van der Waals surface area contributed by atoms with Crippen molar-refractivity contribution in [2.24, 2.45) is 5.92 Å². The van der Waals surface area contributed by atoms with E-state index in [9.17, 15) is 22.0 Å².